The van der Waals surface area contributed by atoms with Crippen molar-refractivity contribution in [2.45, 2.75) is 25.8 Å². The Morgan fingerprint density at radius 2 is 2.24 bits per heavy atom. The third-order valence-electron chi connectivity index (χ3n) is 2.09. The molecule has 3 N–H and O–H groups in total. The third kappa shape index (κ3) is 3.65. The van der Waals surface area contributed by atoms with E-state index in [9.17, 15) is 14.4 Å². The van der Waals surface area contributed by atoms with E-state index in [1.165, 1.54) is 0 Å². The first-order valence-corrected chi connectivity index (χ1v) is 5.17. The van der Waals surface area contributed by atoms with Crippen LogP contribution in [0.15, 0.2) is 15.7 Å². The average molecular weight is 235 g/mol. The number of carbonyl (C=O) groups is 1. The maximum atomic E-state index is 11.7. The van der Waals surface area contributed by atoms with Crippen LogP contribution in [-0.4, -0.2) is 21.9 Å². The van der Waals surface area contributed by atoms with E-state index in [0.29, 0.717) is 6.42 Å². The van der Waals surface area contributed by atoms with E-state index < -0.39 is 23.2 Å². The first kappa shape index (κ1) is 12.8. The lowest BCUT2D eigenvalue weighted by molar-refractivity contribution is 0.0938. The van der Waals surface area contributed by atoms with Crippen molar-refractivity contribution in [2.75, 3.05) is 0 Å². The van der Waals surface area contributed by atoms with E-state index in [2.05, 4.69) is 16.2 Å². The minimum absolute atomic E-state index is 0.102. The minimum Gasteiger partial charge on any atom is -0.337 e. The highest BCUT2D eigenvalue weighted by atomic mass is 16.2. The molecule has 0 fully saturated rings. The second-order valence-electron chi connectivity index (χ2n) is 3.48. The highest BCUT2D eigenvalue weighted by Crippen LogP contribution is 1.96. The van der Waals surface area contributed by atoms with E-state index in [0.717, 1.165) is 12.5 Å². The molecule has 1 unspecified atom stereocenters. The standard InChI is InChI=1S/C11H13N3O3/c1-3-5-7(4-2)12-10(16)8-6-9(15)14-11(17)13-8/h2,6-7H,3,5H2,1H3,(H,12,16)(H2,13,14,15,17). The number of nitrogens with one attached hydrogen (secondary N) is 3. The molecule has 17 heavy (non-hydrogen) atoms. The number of H-pyrrole nitrogens is 2. The van der Waals surface area contributed by atoms with Crippen molar-refractivity contribution in [1.29, 1.82) is 0 Å². The van der Waals surface area contributed by atoms with E-state index in [1.807, 2.05) is 11.9 Å². The summed E-state index contributed by atoms with van der Waals surface area (Å²) in [5, 5.41) is 2.54. The molecule has 0 aromatic carbocycles. The van der Waals surface area contributed by atoms with Crippen molar-refractivity contribution in [3.05, 3.63) is 32.6 Å². The Kier molecular flexibility index (Phi) is 4.29. The maximum absolute atomic E-state index is 11.7. The molecule has 1 atom stereocenters. The van der Waals surface area contributed by atoms with Gasteiger partial charge in [-0.15, -0.1) is 6.42 Å². The summed E-state index contributed by atoms with van der Waals surface area (Å²) in [5.74, 6) is 1.86. The van der Waals surface area contributed by atoms with Gasteiger partial charge in [0.1, 0.15) is 5.69 Å². The quantitative estimate of drug-likeness (QED) is 0.619. The largest absolute Gasteiger partial charge is 0.337 e. The van der Waals surface area contributed by atoms with Crippen LogP contribution in [0.3, 0.4) is 0 Å². The second kappa shape index (κ2) is 5.70. The van der Waals surface area contributed by atoms with Crippen molar-refractivity contribution in [3.63, 3.8) is 0 Å². The minimum atomic E-state index is -0.726. The molecule has 1 heterocycles. The Morgan fingerprint density at radius 1 is 1.53 bits per heavy atom. The van der Waals surface area contributed by atoms with Crippen LogP contribution in [0.5, 0.6) is 0 Å². The fraction of sp³-hybridized carbons (Fsp3) is 0.364. The molecule has 90 valence electrons. The Bertz CT molecular complexity index is 522. The Morgan fingerprint density at radius 3 is 2.76 bits per heavy atom. The number of hydrogen-bond acceptors (Lipinski definition) is 3. The normalized spacial score (nSPS) is 11.5. The topological polar surface area (TPSA) is 94.8 Å². The van der Waals surface area contributed by atoms with E-state index in [-0.39, 0.29) is 5.69 Å². The zero-order valence-corrected chi connectivity index (χ0v) is 9.37. The molecule has 0 aliphatic heterocycles. The molecule has 0 spiro atoms. The number of aromatic nitrogens is 2. The molecule has 0 saturated heterocycles. The summed E-state index contributed by atoms with van der Waals surface area (Å²) in [6, 6.07) is 0.603. The van der Waals surface area contributed by atoms with Crippen LogP contribution in [0, 0.1) is 12.3 Å². The van der Waals surface area contributed by atoms with Crippen molar-refractivity contribution >= 4 is 5.91 Å². The first-order valence-electron chi connectivity index (χ1n) is 5.17. The van der Waals surface area contributed by atoms with Crippen LogP contribution in [0.25, 0.3) is 0 Å². The van der Waals surface area contributed by atoms with E-state index >= 15 is 0 Å². The van der Waals surface area contributed by atoms with Crippen molar-refractivity contribution < 1.29 is 4.79 Å². The number of carbonyl (C=O) groups excluding carboxylic acids is 1. The Hall–Kier alpha value is -2.29. The number of hydrogen-bond donors (Lipinski definition) is 3. The van der Waals surface area contributed by atoms with E-state index in [1.54, 1.807) is 0 Å². The summed E-state index contributed by atoms with van der Waals surface area (Å²) < 4.78 is 0. The SMILES string of the molecule is C#CC(CCC)NC(=O)c1cc(=O)[nH]c(=O)[nH]1. The highest BCUT2D eigenvalue weighted by molar-refractivity contribution is 5.92. The van der Waals surface area contributed by atoms with Gasteiger partial charge < -0.3 is 10.3 Å². The number of aromatic amines is 2. The molecular weight excluding hydrogens is 222 g/mol. The summed E-state index contributed by atoms with van der Waals surface area (Å²) in [6.45, 7) is 1.94. The first-order chi connectivity index (χ1) is 8.06. The Balaban J connectivity index is 2.87. The zero-order valence-electron chi connectivity index (χ0n) is 9.37. The van der Waals surface area contributed by atoms with Crippen molar-refractivity contribution in [2.24, 2.45) is 0 Å². The molecule has 1 aromatic heterocycles. The maximum Gasteiger partial charge on any atom is 0.326 e. The van der Waals surface area contributed by atoms with Gasteiger partial charge in [0.05, 0.1) is 6.04 Å². The summed E-state index contributed by atoms with van der Waals surface area (Å²) >= 11 is 0. The van der Waals surface area contributed by atoms with Crippen LogP contribution in [0.1, 0.15) is 30.3 Å². The van der Waals surface area contributed by atoms with Gasteiger partial charge in [0, 0.05) is 6.07 Å². The summed E-state index contributed by atoms with van der Waals surface area (Å²) in [7, 11) is 0. The van der Waals surface area contributed by atoms with E-state index in [4.69, 9.17) is 6.42 Å². The average Bonchev–Trinajstić information content (AvgIpc) is 2.27. The van der Waals surface area contributed by atoms with Gasteiger partial charge in [0.15, 0.2) is 0 Å². The summed E-state index contributed by atoms with van der Waals surface area (Å²) in [6.07, 6.45) is 6.70. The molecule has 0 aliphatic carbocycles. The lowest BCUT2D eigenvalue weighted by Crippen LogP contribution is -2.36. The van der Waals surface area contributed by atoms with Gasteiger partial charge in [-0.2, -0.15) is 0 Å². The summed E-state index contributed by atoms with van der Waals surface area (Å²) in [4.78, 5) is 37.8. The van der Waals surface area contributed by atoms with Crippen LogP contribution in [0.4, 0.5) is 0 Å². The summed E-state index contributed by atoms with van der Waals surface area (Å²) in [5.41, 5.74) is -1.46. The number of terminal acetylenes is 1. The fourth-order valence-electron chi connectivity index (χ4n) is 1.31. The highest BCUT2D eigenvalue weighted by Gasteiger charge is 2.12. The molecule has 0 saturated carbocycles. The zero-order chi connectivity index (χ0) is 12.8. The molecule has 1 amide bonds. The molecule has 0 aliphatic rings. The fourth-order valence-corrected chi connectivity index (χ4v) is 1.31. The number of rotatable bonds is 4. The predicted molar refractivity (Wildman–Crippen MR) is 62.7 cm³/mol. The molecule has 1 rings (SSSR count). The monoisotopic (exact) mass is 235 g/mol. The van der Waals surface area contributed by atoms with Crippen LogP contribution >= 0.6 is 0 Å². The van der Waals surface area contributed by atoms with Crippen LogP contribution in [0.2, 0.25) is 0 Å². The molecule has 0 bridgehead atoms. The smallest absolute Gasteiger partial charge is 0.326 e. The van der Waals surface area contributed by atoms with Gasteiger partial charge >= 0.3 is 5.69 Å². The van der Waals surface area contributed by atoms with Gasteiger partial charge in [-0.05, 0) is 6.42 Å². The predicted octanol–water partition coefficient (Wildman–Crippen LogP) is -0.405. The lowest BCUT2D eigenvalue weighted by atomic mass is 10.2. The van der Waals surface area contributed by atoms with Gasteiger partial charge in [0.2, 0.25) is 0 Å². The second-order valence-corrected chi connectivity index (χ2v) is 3.48. The van der Waals surface area contributed by atoms with Gasteiger partial charge in [-0.3, -0.25) is 14.6 Å². The molecule has 6 heteroatoms. The van der Waals surface area contributed by atoms with Gasteiger partial charge in [-0.1, -0.05) is 19.3 Å². The van der Waals surface area contributed by atoms with Gasteiger partial charge in [-0.25, -0.2) is 4.79 Å². The van der Waals surface area contributed by atoms with Crippen LogP contribution < -0.4 is 16.6 Å². The Labute approximate surface area is 97.5 Å². The molecular formula is C11H13N3O3. The third-order valence-corrected chi connectivity index (χ3v) is 2.09. The molecule has 6 nitrogen and oxygen atoms in total. The van der Waals surface area contributed by atoms with Crippen molar-refractivity contribution in [1.82, 2.24) is 15.3 Å². The van der Waals surface area contributed by atoms with Crippen molar-refractivity contribution in [3.8, 4) is 12.3 Å². The molecule has 0 radical (unpaired) electrons. The number of amides is 1. The molecule has 1 aromatic rings. The lowest BCUT2D eigenvalue weighted by Gasteiger charge is -2.11. The van der Waals surface area contributed by atoms with Gasteiger partial charge in [0.25, 0.3) is 11.5 Å². The van der Waals surface area contributed by atoms with Crippen LogP contribution in [-0.2, 0) is 0 Å².